The number of halogens is 2. The van der Waals surface area contributed by atoms with Crippen molar-refractivity contribution < 1.29 is 21.9 Å². The molecule has 100 valence electrons. The van der Waals surface area contributed by atoms with Crippen LogP contribution in [0.25, 0.3) is 0 Å². The maximum absolute atomic E-state index is 12.6. The Morgan fingerprint density at radius 2 is 2.06 bits per heavy atom. The molecule has 7 heteroatoms. The minimum absolute atomic E-state index is 0.0426. The molecule has 1 aromatic rings. The maximum atomic E-state index is 12.6. The summed E-state index contributed by atoms with van der Waals surface area (Å²) in [7, 11) is -4.59. The Balaban J connectivity index is 2.31. The molecule has 1 aromatic carbocycles. The van der Waals surface area contributed by atoms with Crippen molar-refractivity contribution in [1.29, 1.82) is 0 Å². The van der Waals surface area contributed by atoms with E-state index in [0.717, 1.165) is 6.42 Å². The molecule has 0 saturated carbocycles. The number of nitrogens with one attached hydrogen (secondary N) is 1. The summed E-state index contributed by atoms with van der Waals surface area (Å²) in [6, 6.07) is 5.64. The van der Waals surface area contributed by atoms with Crippen molar-refractivity contribution in [3.05, 3.63) is 24.3 Å². The normalized spacial score (nSPS) is 20.3. The smallest absolute Gasteiger partial charge is 0.341 e. The summed E-state index contributed by atoms with van der Waals surface area (Å²) in [6.45, 7) is 1.03. The van der Waals surface area contributed by atoms with Crippen molar-refractivity contribution in [2.75, 3.05) is 18.5 Å². The quantitative estimate of drug-likeness (QED) is 0.913. The fraction of sp³-hybridized carbons (Fsp3) is 0.455. The lowest BCUT2D eigenvalue weighted by molar-refractivity contribution is 0.195. The van der Waals surface area contributed by atoms with Crippen molar-refractivity contribution in [3.8, 4) is 0 Å². The molecule has 1 N–H and O–H groups in total. The van der Waals surface area contributed by atoms with Gasteiger partial charge in [0.25, 0.3) is 0 Å². The van der Waals surface area contributed by atoms with Crippen LogP contribution in [0, 0.1) is 0 Å². The van der Waals surface area contributed by atoms with E-state index >= 15 is 0 Å². The van der Waals surface area contributed by atoms with Crippen LogP contribution in [0.4, 0.5) is 14.5 Å². The van der Waals surface area contributed by atoms with Crippen LogP contribution in [0.3, 0.4) is 0 Å². The summed E-state index contributed by atoms with van der Waals surface area (Å²) in [5.41, 5.74) is 0.202. The summed E-state index contributed by atoms with van der Waals surface area (Å²) in [4.78, 5) is -0.369. The van der Waals surface area contributed by atoms with Crippen molar-refractivity contribution >= 4 is 15.5 Å². The highest BCUT2D eigenvalue weighted by atomic mass is 32.2. The van der Waals surface area contributed by atoms with Crippen LogP contribution in [0.5, 0.6) is 0 Å². The lowest BCUT2D eigenvalue weighted by atomic mass is 10.2. The van der Waals surface area contributed by atoms with Gasteiger partial charge in [0.2, 0.25) is 9.84 Å². The first kappa shape index (κ1) is 13.2. The Hall–Kier alpha value is -1.21. The standard InChI is InChI=1S/C11H13F2NO3S/c12-11(13)18(15,16)10-4-2-1-3-9(10)14-8-5-6-17-7-8/h1-4,8,11,14H,5-7H2. The van der Waals surface area contributed by atoms with Crippen LogP contribution in [0.1, 0.15) is 6.42 Å². The summed E-state index contributed by atoms with van der Waals surface area (Å²) in [5, 5.41) is 2.93. The van der Waals surface area contributed by atoms with E-state index < -0.39 is 15.6 Å². The lowest BCUT2D eigenvalue weighted by Gasteiger charge is -2.15. The number of benzene rings is 1. The molecule has 1 unspecified atom stereocenters. The summed E-state index contributed by atoms with van der Waals surface area (Å²) in [6.07, 6.45) is 0.725. The number of hydrogen-bond acceptors (Lipinski definition) is 4. The third-order valence-electron chi connectivity index (χ3n) is 2.72. The van der Waals surface area contributed by atoms with Crippen molar-refractivity contribution in [3.63, 3.8) is 0 Å². The van der Waals surface area contributed by atoms with Crippen LogP contribution >= 0.6 is 0 Å². The Morgan fingerprint density at radius 1 is 1.33 bits per heavy atom. The van der Waals surface area contributed by atoms with Gasteiger partial charge in [-0.1, -0.05) is 12.1 Å². The summed E-state index contributed by atoms with van der Waals surface area (Å²) < 4.78 is 53.3. The van der Waals surface area contributed by atoms with Crippen LogP contribution in [-0.4, -0.2) is 33.4 Å². The van der Waals surface area contributed by atoms with Gasteiger partial charge in [-0.15, -0.1) is 0 Å². The van der Waals surface area contributed by atoms with Gasteiger partial charge in [0.05, 0.1) is 23.2 Å². The van der Waals surface area contributed by atoms with Crippen LogP contribution in [0.15, 0.2) is 29.2 Å². The van der Waals surface area contributed by atoms with E-state index in [1.165, 1.54) is 18.2 Å². The second-order valence-corrected chi connectivity index (χ2v) is 5.89. The molecule has 0 amide bonds. The van der Waals surface area contributed by atoms with Gasteiger partial charge >= 0.3 is 5.76 Å². The first-order valence-corrected chi connectivity index (χ1v) is 7.02. The van der Waals surface area contributed by atoms with E-state index in [9.17, 15) is 17.2 Å². The number of sulfone groups is 1. The van der Waals surface area contributed by atoms with E-state index in [0.29, 0.717) is 13.2 Å². The number of para-hydroxylation sites is 1. The zero-order valence-electron chi connectivity index (χ0n) is 9.47. The number of anilines is 1. The molecule has 1 fully saturated rings. The molecular formula is C11H13F2NO3S. The highest BCUT2D eigenvalue weighted by Crippen LogP contribution is 2.27. The Bertz CT molecular complexity index is 513. The number of rotatable bonds is 4. The maximum Gasteiger partial charge on any atom is 0.341 e. The molecule has 4 nitrogen and oxygen atoms in total. The van der Waals surface area contributed by atoms with Crippen LogP contribution in [-0.2, 0) is 14.6 Å². The minimum atomic E-state index is -4.59. The molecule has 1 saturated heterocycles. The zero-order valence-corrected chi connectivity index (χ0v) is 10.3. The second kappa shape index (κ2) is 5.19. The van der Waals surface area contributed by atoms with E-state index in [2.05, 4.69) is 5.32 Å². The predicted molar refractivity (Wildman–Crippen MR) is 62.5 cm³/mol. The lowest BCUT2D eigenvalue weighted by Crippen LogP contribution is -2.21. The molecular weight excluding hydrogens is 264 g/mol. The molecule has 1 aliphatic heterocycles. The molecule has 0 spiro atoms. The van der Waals surface area contributed by atoms with E-state index in [1.807, 2.05) is 0 Å². The molecule has 0 aliphatic carbocycles. The second-order valence-electron chi connectivity index (χ2n) is 4.01. The van der Waals surface area contributed by atoms with Gasteiger partial charge in [0.1, 0.15) is 0 Å². The van der Waals surface area contributed by atoms with Gasteiger partial charge in [-0.25, -0.2) is 8.42 Å². The topological polar surface area (TPSA) is 55.4 Å². The predicted octanol–water partition coefficient (Wildman–Crippen LogP) is 1.88. The third kappa shape index (κ3) is 2.62. The number of alkyl halides is 2. The van der Waals surface area contributed by atoms with Gasteiger partial charge < -0.3 is 10.1 Å². The minimum Gasteiger partial charge on any atom is -0.379 e. The third-order valence-corrected chi connectivity index (χ3v) is 4.16. The first-order chi connectivity index (χ1) is 8.51. The van der Waals surface area contributed by atoms with Crippen molar-refractivity contribution in [2.45, 2.75) is 23.1 Å². The number of ether oxygens (including phenoxy) is 1. The molecule has 0 aromatic heterocycles. The van der Waals surface area contributed by atoms with Gasteiger partial charge in [-0.3, -0.25) is 0 Å². The van der Waals surface area contributed by atoms with Gasteiger partial charge in [-0.05, 0) is 18.6 Å². The highest BCUT2D eigenvalue weighted by molar-refractivity contribution is 7.91. The largest absolute Gasteiger partial charge is 0.379 e. The van der Waals surface area contributed by atoms with Crippen molar-refractivity contribution in [2.24, 2.45) is 0 Å². The fourth-order valence-electron chi connectivity index (χ4n) is 1.80. The Morgan fingerprint density at radius 3 is 2.67 bits per heavy atom. The monoisotopic (exact) mass is 277 g/mol. The van der Waals surface area contributed by atoms with Crippen LogP contribution < -0.4 is 5.32 Å². The van der Waals surface area contributed by atoms with Gasteiger partial charge in [0.15, 0.2) is 0 Å². The Labute approximate surface area is 104 Å². The van der Waals surface area contributed by atoms with E-state index in [4.69, 9.17) is 4.74 Å². The molecule has 1 heterocycles. The fourth-order valence-corrected chi connectivity index (χ4v) is 2.69. The molecule has 18 heavy (non-hydrogen) atoms. The molecule has 0 radical (unpaired) electrons. The highest BCUT2D eigenvalue weighted by Gasteiger charge is 2.29. The van der Waals surface area contributed by atoms with Crippen LogP contribution in [0.2, 0.25) is 0 Å². The SMILES string of the molecule is O=S(=O)(c1ccccc1NC1CCOC1)C(F)F. The summed E-state index contributed by atoms with van der Waals surface area (Å²) in [5.74, 6) is -3.42. The van der Waals surface area contributed by atoms with Crippen molar-refractivity contribution in [1.82, 2.24) is 0 Å². The van der Waals surface area contributed by atoms with E-state index in [-0.39, 0.29) is 16.6 Å². The number of hydrogen-bond donors (Lipinski definition) is 1. The molecule has 1 aliphatic rings. The molecule has 2 rings (SSSR count). The zero-order chi connectivity index (χ0) is 13.2. The molecule has 0 bridgehead atoms. The van der Waals surface area contributed by atoms with Gasteiger partial charge in [-0.2, -0.15) is 8.78 Å². The summed E-state index contributed by atoms with van der Waals surface area (Å²) >= 11 is 0. The Kier molecular flexibility index (Phi) is 3.82. The van der Waals surface area contributed by atoms with Gasteiger partial charge in [0, 0.05) is 6.61 Å². The average Bonchev–Trinajstić information content (AvgIpc) is 2.82. The first-order valence-electron chi connectivity index (χ1n) is 5.47. The molecule has 1 atom stereocenters. The average molecular weight is 277 g/mol. The van der Waals surface area contributed by atoms with E-state index in [1.54, 1.807) is 6.07 Å².